The van der Waals surface area contributed by atoms with Gasteiger partial charge in [0.1, 0.15) is 6.54 Å². The summed E-state index contributed by atoms with van der Waals surface area (Å²) in [5.74, 6) is -0.298. The molecule has 0 fully saturated rings. The van der Waals surface area contributed by atoms with Crippen LogP contribution in [-0.4, -0.2) is 36.8 Å². The molecular formula is C24H24N2O4S. The predicted molar refractivity (Wildman–Crippen MR) is 122 cm³/mol. The molecule has 0 radical (unpaired) electrons. The average Bonchev–Trinajstić information content (AvgIpc) is 2.97. The molecule has 4 aromatic rings. The van der Waals surface area contributed by atoms with E-state index in [1.807, 2.05) is 42.7 Å². The minimum Gasteiger partial charge on any atom is -0.465 e. The van der Waals surface area contributed by atoms with Crippen LogP contribution >= 0.6 is 0 Å². The molecule has 31 heavy (non-hydrogen) atoms. The first-order valence-corrected chi connectivity index (χ1v) is 11.9. The van der Waals surface area contributed by atoms with Crippen molar-refractivity contribution in [3.63, 3.8) is 0 Å². The zero-order chi connectivity index (χ0) is 22.3. The Bertz CT molecular complexity index is 1440. The molecule has 0 unspecified atom stereocenters. The second-order valence-corrected chi connectivity index (χ2v) is 9.64. The van der Waals surface area contributed by atoms with Crippen LogP contribution in [0.5, 0.6) is 0 Å². The fourth-order valence-electron chi connectivity index (χ4n) is 4.14. The summed E-state index contributed by atoms with van der Waals surface area (Å²) in [7, 11) is -3.43. The predicted octanol–water partition coefficient (Wildman–Crippen LogP) is 4.44. The van der Waals surface area contributed by atoms with Gasteiger partial charge in [-0.05, 0) is 50.6 Å². The number of rotatable bonds is 5. The Labute approximate surface area is 181 Å². The third kappa shape index (κ3) is 3.70. The van der Waals surface area contributed by atoms with Gasteiger partial charge in [-0.1, -0.05) is 23.8 Å². The van der Waals surface area contributed by atoms with Crippen molar-refractivity contribution in [2.24, 2.45) is 0 Å². The van der Waals surface area contributed by atoms with E-state index in [0.717, 1.165) is 38.7 Å². The minimum atomic E-state index is -3.43. The Morgan fingerprint density at radius 1 is 1.10 bits per heavy atom. The Balaban J connectivity index is 2.05. The lowest BCUT2D eigenvalue weighted by Crippen LogP contribution is -2.14. The number of fused-ring (bicyclic) bond motifs is 2. The first kappa shape index (κ1) is 21.1. The summed E-state index contributed by atoms with van der Waals surface area (Å²) >= 11 is 0. The summed E-state index contributed by atoms with van der Waals surface area (Å²) in [4.78, 5) is 16.9. The molecule has 6 nitrogen and oxygen atoms in total. The monoisotopic (exact) mass is 436 g/mol. The zero-order valence-electron chi connectivity index (χ0n) is 18.0. The molecule has 2 aromatic carbocycles. The summed E-state index contributed by atoms with van der Waals surface area (Å²) in [6, 6.07) is 13.2. The number of hydrogen-bond donors (Lipinski definition) is 0. The molecule has 0 amide bonds. The van der Waals surface area contributed by atoms with E-state index < -0.39 is 9.84 Å². The largest absolute Gasteiger partial charge is 0.465 e. The fraction of sp³-hybridized carbons (Fsp3) is 0.250. The van der Waals surface area contributed by atoms with E-state index in [0.29, 0.717) is 12.1 Å². The van der Waals surface area contributed by atoms with Crippen LogP contribution in [0.25, 0.3) is 32.9 Å². The molecule has 0 bridgehead atoms. The summed E-state index contributed by atoms with van der Waals surface area (Å²) in [6.45, 7) is 6.21. The third-order valence-electron chi connectivity index (χ3n) is 5.47. The van der Waals surface area contributed by atoms with Crippen LogP contribution in [0, 0.1) is 13.8 Å². The third-order valence-corrected chi connectivity index (χ3v) is 6.60. The van der Waals surface area contributed by atoms with E-state index in [-0.39, 0.29) is 17.4 Å². The molecule has 0 N–H and O–H groups in total. The van der Waals surface area contributed by atoms with Crippen LogP contribution < -0.4 is 0 Å². The lowest BCUT2D eigenvalue weighted by atomic mass is 9.98. The van der Waals surface area contributed by atoms with Gasteiger partial charge in [0.2, 0.25) is 0 Å². The van der Waals surface area contributed by atoms with Gasteiger partial charge in [-0.3, -0.25) is 9.78 Å². The van der Waals surface area contributed by atoms with Gasteiger partial charge in [0.25, 0.3) is 0 Å². The molecule has 0 aliphatic rings. The van der Waals surface area contributed by atoms with Crippen LogP contribution in [0.15, 0.2) is 53.6 Å². The molecule has 2 heterocycles. The summed E-state index contributed by atoms with van der Waals surface area (Å²) in [6.07, 6.45) is 2.83. The van der Waals surface area contributed by atoms with Gasteiger partial charge in [-0.15, -0.1) is 0 Å². The molecule has 0 aliphatic carbocycles. The number of carbonyl (C=O) groups excluding carboxylic acids is 1. The van der Waals surface area contributed by atoms with Crippen molar-refractivity contribution < 1.29 is 17.9 Å². The molecule has 0 spiro atoms. The van der Waals surface area contributed by atoms with E-state index in [1.165, 1.54) is 6.26 Å². The molecule has 0 saturated carbocycles. The van der Waals surface area contributed by atoms with Crippen LogP contribution in [0.1, 0.15) is 18.2 Å². The lowest BCUT2D eigenvalue weighted by molar-refractivity contribution is -0.143. The maximum absolute atomic E-state index is 12.3. The highest BCUT2D eigenvalue weighted by atomic mass is 32.2. The SMILES string of the molecule is CCOC(=O)Cn1c(C)c(-c2ccnc3c(S(C)(=O)=O)cccc23)c2cc(C)ccc21. The highest BCUT2D eigenvalue weighted by Crippen LogP contribution is 2.39. The number of aryl methyl sites for hydroxylation is 1. The first-order chi connectivity index (χ1) is 14.7. The highest BCUT2D eigenvalue weighted by molar-refractivity contribution is 7.91. The van der Waals surface area contributed by atoms with Crippen molar-refractivity contribution in [1.82, 2.24) is 9.55 Å². The maximum atomic E-state index is 12.3. The van der Waals surface area contributed by atoms with E-state index in [1.54, 1.807) is 25.3 Å². The van der Waals surface area contributed by atoms with Crippen molar-refractivity contribution >= 4 is 37.6 Å². The van der Waals surface area contributed by atoms with Gasteiger partial charge >= 0.3 is 5.97 Å². The number of sulfone groups is 1. The Morgan fingerprint density at radius 2 is 1.87 bits per heavy atom. The van der Waals surface area contributed by atoms with E-state index in [2.05, 4.69) is 11.1 Å². The average molecular weight is 437 g/mol. The summed E-state index contributed by atoms with van der Waals surface area (Å²) in [5, 5.41) is 1.75. The first-order valence-electron chi connectivity index (χ1n) is 10.1. The van der Waals surface area contributed by atoms with Crippen molar-refractivity contribution in [2.45, 2.75) is 32.2 Å². The van der Waals surface area contributed by atoms with Crippen molar-refractivity contribution in [2.75, 3.05) is 12.9 Å². The van der Waals surface area contributed by atoms with Gasteiger partial charge in [-0.25, -0.2) is 8.42 Å². The molecule has 7 heteroatoms. The Kier molecular flexibility index (Phi) is 5.31. The van der Waals surface area contributed by atoms with Gasteiger partial charge in [0.05, 0.1) is 17.0 Å². The van der Waals surface area contributed by atoms with Crippen molar-refractivity contribution in [1.29, 1.82) is 0 Å². The number of carbonyl (C=O) groups is 1. The number of para-hydroxylation sites is 1. The zero-order valence-corrected chi connectivity index (χ0v) is 18.8. The van der Waals surface area contributed by atoms with E-state index >= 15 is 0 Å². The van der Waals surface area contributed by atoms with E-state index in [4.69, 9.17) is 4.74 Å². The number of ether oxygens (including phenoxy) is 1. The number of pyridine rings is 1. The normalized spacial score (nSPS) is 11.9. The Morgan fingerprint density at radius 3 is 2.58 bits per heavy atom. The van der Waals surface area contributed by atoms with Gasteiger partial charge in [0, 0.05) is 40.0 Å². The molecule has 160 valence electrons. The number of hydrogen-bond acceptors (Lipinski definition) is 5. The van der Waals surface area contributed by atoms with Gasteiger partial charge in [-0.2, -0.15) is 0 Å². The molecule has 0 saturated heterocycles. The lowest BCUT2D eigenvalue weighted by Gasteiger charge is -2.11. The van der Waals surface area contributed by atoms with Crippen molar-refractivity contribution in [3.05, 3.63) is 59.9 Å². The maximum Gasteiger partial charge on any atom is 0.325 e. The standard InChI is InChI=1S/C24H24N2O4S/c1-5-30-22(27)14-26-16(3)23(19-13-15(2)9-10-20(19)26)17-11-12-25-24-18(17)7-6-8-21(24)31(4,28)29/h6-13H,5,14H2,1-4H3. The topological polar surface area (TPSA) is 78.3 Å². The minimum absolute atomic E-state index is 0.108. The summed E-state index contributed by atoms with van der Waals surface area (Å²) in [5.41, 5.74) is 5.21. The fourth-order valence-corrected chi connectivity index (χ4v) is 4.98. The summed E-state index contributed by atoms with van der Waals surface area (Å²) < 4.78 is 31.7. The number of nitrogens with zero attached hydrogens (tertiary/aromatic N) is 2. The quantitative estimate of drug-likeness (QED) is 0.432. The van der Waals surface area contributed by atoms with E-state index in [9.17, 15) is 13.2 Å². The highest BCUT2D eigenvalue weighted by Gasteiger charge is 2.21. The second-order valence-electron chi connectivity index (χ2n) is 7.66. The van der Waals surface area contributed by atoms with Gasteiger partial charge < -0.3 is 9.30 Å². The molecule has 2 aromatic heterocycles. The number of esters is 1. The molecule has 4 rings (SSSR count). The molecular weight excluding hydrogens is 412 g/mol. The Hall–Kier alpha value is -3.19. The van der Waals surface area contributed by atoms with Crippen LogP contribution in [0.4, 0.5) is 0 Å². The van der Waals surface area contributed by atoms with Gasteiger partial charge in [0.15, 0.2) is 9.84 Å². The number of benzene rings is 2. The van der Waals surface area contributed by atoms with Crippen molar-refractivity contribution in [3.8, 4) is 11.1 Å². The molecule has 0 atom stereocenters. The smallest absolute Gasteiger partial charge is 0.325 e. The van der Waals surface area contributed by atoms with Crippen LogP contribution in [0.3, 0.4) is 0 Å². The van der Waals surface area contributed by atoms with Crippen LogP contribution in [0.2, 0.25) is 0 Å². The molecule has 0 aliphatic heterocycles. The number of aromatic nitrogens is 2. The van der Waals surface area contributed by atoms with Crippen LogP contribution in [-0.2, 0) is 25.9 Å². The second kappa shape index (κ2) is 7.81.